The first kappa shape index (κ1) is 28.0. The molecule has 0 spiro atoms. The Hall–Kier alpha value is -2.58. The van der Waals surface area contributed by atoms with Crippen LogP contribution in [0.25, 0.3) is 0 Å². The van der Waals surface area contributed by atoms with E-state index in [0.717, 1.165) is 25.0 Å². The van der Waals surface area contributed by atoms with Crippen molar-refractivity contribution in [2.24, 2.45) is 5.92 Å². The average molecular weight is 552 g/mol. The minimum atomic E-state index is -2.73. The summed E-state index contributed by atoms with van der Waals surface area (Å²) in [5, 5.41) is 17.6. The van der Waals surface area contributed by atoms with Crippen LogP contribution in [0.3, 0.4) is 0 Å². The smallest absolute Gasteiger partial charge is 0.261 e. The molecule has 2 aliphatic rings. The molecule has 0 bridgehead atoms. The summed E-state index contributed by atoms with van der Waals surface area (Å²) in [5.74, 6) is -1.79. The zero-order valence-electron chi connectivity index (χ0n) is 23.0. The Labute approximate surface area is 231 Å². The summed E-state index contributed by atoms with van der Waals surface area (Å²) in [7, 11) is -2.73. The SMILES string of the molecule is CC(C)(C)[Si](OCC1CCC(Nc2ccc(F)c(F)c2)C2(O)CCCOC12)(c1ccccc1)c1ccccc1. The zero-order valence-corrected chi connectivity index (χ0v) is 24.0. The second-order valence-corrected chi connectivity index (χ2v) is 16.3. The number of halogens is 2. The zero-order chi connectivity index (χ0) is 27.7. The number of nitrogens with one attached hydrogen (secondary N) is 1. The molecule has 2 N–H and O–H groups in total. The molecule has 1 heterocycles. The molecule has 4 atom stereocenters. The van der Waals surface area contributed by atoms with E-state index >= 15 is 0 Å². The molecule has 0 aromatic heterocycles. The van der Waals surface area contributed by atoms with E-state index < -0.39 is 31.7 Å². The minimum Gasteiger partial charge on any atom is -0.407 e. The lowest BCUT2D eigenvalue weighted by atomic mass is 9.69. The molecular weight excluding hydrogens is 512 g/mol. The van der Waals surface area contributed by atoms with Gasteiger partial charge in [-0.2, -0.15) is 0 Å². The van der Waals surface area contributed by atoms with Gasteiger partial charge in [0.25, 0.3) is 8.32 Å². The molecule has 1 aliphatic heterocycles. The Morgan fingerprint density at radius 2 is 1.59 bits per heavy atom. The maximum Gasteiger partial charge on any atom is 0.261 e. The van der Waals surface area contributed by atoms with Crippen molar-refractivity contribution in [3.8, 4) is 0 Å². The number of hydrogen-bond acceptors (Lipinski definition) is 4. The van der Waals surface area contributed by atoms with E-state index in [0.29, 0.717) is 31.7 Å². The predicted octanol–water partition coefficient (Wildman–Crippen LogP) is 5.64. The molecule has 1 saturated carbocycles. The van der Waals surface area contributed by atoms with Crippen molar-refractivity contribution in [2.75, 3.05) is 18.5 Å². The molecule has 5 rings (SSSR count). The van der Waals surface area contributed by atoms with Crippen LogP contribution >= 0.6 is 0 Å². The Kier molecular flexibility index (Phi) is 7.97. The van der Waals surface area contributed by atoms with Gasteiger partial charge in [0.05, 0.1) is 12.1 Å². The molecule has 39 heavy (non-hydrogen) atoms. The van der Waals surface area contributed by atoms with E-state index in [1.807, 2.05) is 12.1 Å². The van der Waals surface area contributed by atoms with Crippen molar-refractivity contribution in [1.82, 2.24) is 0 Å². The van der Waals surface area contributed by atoms with Crippen LogP contribution in [0.2, 0.25) is 5.04 Å². The standard InChI is InChI=1S/C32H39F2NO3Si/c1-31(2,3)39(25-11-6-4-7-12-25,26-13-8-5-9-14-26)38-22-23-15-18-29(32(36)19-10-20-37-30(23)32)35-24-16-17-27(33)28(34)21-24/h4-9,11-14,16-17,21,23,29-30,35-36H,10,15,18-20,22H2,1-3H3. The van der Waals surface area contributed by atoms with Gasteiger partial charge in [0.1, 0.15) is 5.60 Å². The van der Waals surface area contributed by atoms with Crippen molar-refractivity contribution in [1.29, 1.82) is 0 Å². The summed E-state index contributed by atoms with van der Waals surface area (Å²) in [6.07, 6.45) is 2.36. The van der Waals surface area contributed by atoms with Gasteiger partial charge in [-0.1, -0.05) is 81.4 Å². The van der Waals surface area contributed by atoms with Gasteiger partial charge in [0, 0.05) is 30.9 Å². The highest BCUT2D eigenvalue weighted by Crippen LogP contribution is 2.44. The fourth-order valence-electron chi connectivity index (χ4n) is 6.70. The first-order valence-corrected chi connectivity index (χ1v) is 15.9. The summed E-state index contributed by atoms with van der Waals surface area (Å²) < 4.78 is 40.9. The summed E-state index contributed by atoms with van der Waals surface area (Å²) in [5.41, 5.74) is -0.681. The number of fused-ring (bicyclic) bond motifs is 1. The van der Waals surface area contributed by atoms with Crippen LogP contribution in [0.4, 0.5) is 14.5 Å². The van der Waals surface area contributed by atoms with E-state index in [2.05, 4.69) is 74.6 Å². The number of ether oxygens (including phenoxy) is 1. The van der Waals surface area contributed by atoms with Gasteiger partial charge in [-0.15, -0.1) is 0 Å². The van der Waals surface area contributed by atoms with Crippen molar-refractivity contribution < 1.29 is 23.1 Å². The van der Waals surface area contributed by atoms with Gasteiger partial charge in [0.2, 0.25) is 0 Å². The molecule has 7 heteroatoms. The van der Waals surface area contributed by atoms with Crippen molar-refractivity contribution in [3.63, 3.8) is 0 Å². The Morgan fingerprint density at radius 1 is 0.949 bits per heavy atom. The molecule has 1 saturated heterocycles. The highest BCUT2D eigenvalue weighted by atomic mass is 28.4. The number of anilines is 1. The average Bonchev–Trinajstić information content (AvgIpc) is 2.92. The lowest BCUT2D eigenvalue weighted by molar-refractivity contribution is -0.194. The van der Waals surface area contributed by atoms with Crippen molar-refractivity contribution in [2.45, 2.75) is 69.2 Å². The maximum atomic E-state index is 13.9. The number of benzene rings is 3. The van der Waals surface area contributed by atoms with Gasteiger partial charge in [-0.25, -0.2) is 8.78 Å². The highest BCUT2D eigenvalue weighted by Gasteiger charge is 2.55. The molecule has 208 valence electrons. The quantitative estimate of drug-likeness (QED) is 0.373. The minimum absolute atomic E-state index is 0.0000431. The molecular formula is C32H39F2NO3Si. The second-order valence-electron chi connectivity index (χ2n) is 12.0. The number of hydrogen-bond donors (Lipinski definition) is 2. The van der Waals surface area contributed by atoms with Gasteiger partial charge < -0.3 is 19.6 Å². The summed E-state index contributed by atoms with van der Waals surface area (Å²) >= 11 is 0. The third-order valence-corrected chi connectivity index (χ3v) is 13.6. The number of aliphatic hydroxyl groups is 1. The molecule has 0 amide bonds. The van der Waals surface area contributed by atoms with Crippen LogP contribution < -0.4 is 15.7 Å². The molecule has 3 aromatic rings. The first-order valence-electron chi connectivity index (χ1n) is 14.0. The lowest BCUT2D eigenvalue weighted by Crippen LogP contribution is -2.68. The van der Waals surface area contributed by atoms with Crippen LogP contribution in [-0.4, -0.2) is 44.4 Å². The van der Waals surface area contributed by atoms with Gasteiger partial charge in [0.15, 0.2) is 11.6 Å². The number of rotatable bonds is 7. The Bertz CT molecular complexity index is 1210. The largest absolute Gasteiger partial charge is 0.407 e. The van der Waals surface area contributed by atoms with Crippen LogP contribution in [-0.2, 0) is 9.16 Å². The van der Waals surface area contributed by atoms with Gasteiger partial charge >= 0.3 is 0 Å². The molecule has 2 fully saturated rings. The molecule has 3 aromatic carbocycles. The van der Waals surface area contributed by atoms with Crippen LogP contribution in [0.15, 0.2) is 78.9 Å². The van der Waals surface area contributed by atoms with Crippen LogP contribution in [0.5, 0.6) is 0 Å². The monoisotopic (exact) mass is 551 g/mol. The van der Waals surface area contributed by atoms with E-state index in [1.54, 1.807) is 0 Å². The van der Waals surface area contributed by atoms with Crippen molar-refractivity contribution >= 4 is 24.4 Å². The summed E-state index contributed by atoms with van der Waals surface area (Å²) in [6.45, 7) is 7.83. The molecule has 4 unspecified atom stereocenters. The van der Waals surface area contributed by atoms with Gasteiger partial charge in [-0.05, 0) is 53.2 Å². The predicted molar refractivity (Wildman–Crippen MR) is 154 cm³/mol. The summed E-state index contributed by atoms with van der Waals surface area (Å²) in [6, 6.07) is 24.5. The van der Waals surface area contributed by atoms with E-state index in [1.165, 1.54) is 16.4 Å². The van der Waals surface area contributed by atoms with E-state index in [-0.39, 0.29) is 17.0 Å². The van der Waals surface area contributed by atoms with Crippen LogP contribution in [0, 0.1) is 17.6 Å². The van der Waals surface area contributed by atoms with Crippen molar-refractivity contribution in [3.05, 3.63) is 90.5 Å². The van der Waals surface area contributed by atoms with Gasteiger partial charge in [-0.3, -0.25) is 0 Å². The Balaban J connectivity index is 1.43. The summed E-state index contributed by atoms with van der Waals surface area (Å²) in [4.78, 5) is 0. The lowest BCUT2D eigenvalue weighted by Gasteiger charge is -2.53. The Morgan fingerprint density at radius 3 is 2.18 bits per heavy atom. The first-order chi connectivity index (χ1) is 18.6. The fraction of sp³-hybridized carbons (Fsp3) is 0.438. The maximum absolute atomic E-state index is 13.9. The molecule has 0 radical (unpaired) electrons. The molecule has 1 aliphatic carbocycles. The normalized spacial score (nSPS) is 25.6. The second kappa shape index (κ2) is 11.1. The fourth-order valence-corrected chi connectivity index (χ4v) is 11.3. The molecule has 4 nitrogen and oxygen atoms in total. The van der Waals surface area contributed by atoms with Crippen LogP contribution in [0.1, 0.15) is 46.5 Å². The topological polar surface area (TPSA) is 50.7 Å². The third-order valence-electron chi connectivity index (χ3n) is 8.56. The third kappa shape index (κ3) is 5.30. The highest BCUT2D eigenvalue weighted by molar-refractivity contribution is 6.99. The van der Waals surface area contributed by atoms with E-state index in [9.17, 15) is 13.9 Å². The van der Waals surface area contributed by atoms with E-state index in [4.69, 9.17) is 9.16 Å².